The number of nitrogens with zero attached hydrogens (tertiary/aromatic N) is 6. The third-order valence-corrected chi connectivity index (χ3v) is 15.0. The van der Waals surface area contributed by atoms with Crippen molar-refractivity contribution in [2.45, 2.75) is 72.8 Å². The molecule has 19 heteroatoms. The lowest BCUT2D eigenvalue weighted by Gasteiger charge is -2.17. The largest absolute Gasteiger partial charge is 0.481 e. The first-order valence-electron chi connectivity index (χ1n) is 23.5. The number of nitrogens with two attached hydrogens (primary N) is 1. The highest BCUT2D eigenvalue weighted by atomic mass is 79.9. The topological polar surface area (TPSA) is 206 Å². The summed E-state index contributed by atoms with van der Waals surface area (Å²) in [6.07, 6.45) is 5.83. The lowest BCUT2D eigenvalue weighted by atomic mass is 9.99. The number of benzene rings is 6. The number of ether oxygens (including phenoxy) is 2. The van der Waals surface area contributed by atoms with Crippen molar-refractivity contribution in [1.29, 1.82) is 0 Å². The second kappa shape index (κ2) is 25.0. The highest BCUT2D eigenvalue weighted by Gasteiger charge is 2.29. The van der Waals surface area contributed by atoms with Crippen LogP contribution in [-0.4, -0.2) is 96.3 Å². The molecule has 10 rings (SSSR count). The molecule has 2 unspecified atom stereocenters. The molecule has 0 radical (unpaired) electrons. The molecule has 376 valence electrons. The summed E-state index contributed by atoms with van der Waals surface area (Å²) in [5.74, 6) is -0.701. The van der Waals surface area contributed by atoms with Gasteiger partial charge in [-0.25, -0.2) is 4.79 Å². The molecule has 2 heterocycles. The molecule has 73 heavy (non-hydrogen) atoms. The van der Waals surface area contributed by atoms with Gasteiger partial charge in [0.1, 0.15) is 12.1 Å². The van der Waals surface area contributed by atoms with E-state index >= 15 is 0 Å². The highest BCUT2D eigenvalue weighted by Crippen LogP contribution is 2.46. The van der Waals surface area contributed by atoms with Gasteiger partial charge in [-0.2, -0.15) is 0 Å². The zero-order valence-corrected chi connectivity index (χ0v) is 44.7. The second-order valence-corrected chi connectivity index (χ2v) is 20.6. The van der Waals surface area contributed by atoms with Crippen LogP contribution in [0, 0.1) is 0 Å². The van der Waals surface area contributed by atoms with Gasteiger partial charge in [0, 0.05) is 17.2 Å². The summed E-state index contributed by atoms with van der Waals surface area (Å²) in [6.45, 7) is 0. The van der Waals surface area contributed by atoms with Crippen LogP contribution in [0.3, 0.4) is 0 Å². The van der Waals surface area contributed by atoms with Crippen molar-refractivity contribution in [3.05, 3.63) is 165 Å². The van der Waals surface area contributed by atoms with Gasteiger partial charge in [-0.05, 0) is 121 Å². The average Bonchev–Trinajstić information content (AvgIpc) is 4.36. The first kappa shape index (κ1) is 52.9. The van der Waals surface area contributed by atoms with Crippen molar-refractivity contribution in [3.63, 3.8) is 0 Å². The Kier molecular flexibility index (Phi) is 18.2. The molecule has 2 aromatic heterocycles. The predicted molar refractivity (Wildman–Crippen MR) is 290 cm³/mol. The molecule has 15 nitrogen and oxygen atoms in total. The minimum Gasteiger partial charge on any atom is -0.481 e. The molecule has 2 atom stereocenters. The number of thioether (sulfide) groups is 2. The summed E-state index contributed by atoms with van der Waals surface area (Å²) in [6, 6.07) is 43.0. The Bertz CT molecular complexity index is 3220. The van der Waals surface area contributed by atoms with E-state index < -0.39 is 24.0 Å². The number of carbonyl (C=O) groups is 4. The molecule has 2 saturated carbocycles. The number of hydrogen-bond donors (Lipinski definition) is 3. The molecule has 2 fully saturated rings. The Labute approximate surface area is 447 Å². The van der Waals surface area contributed by atoms with Crippen LogP contribution < -0.4 is 11.1 Å². The monoisotopic (exact) mass is 1150 g/mol. The summed E-state index contributed by atoms with van der Waals surface area (Å²) in [5, 5.41) is 34.3. The van der Waals surface area contributed by atoms with E-state index in [2.05, 4.69) is 123 Å². The number of rotatable bonds is 17. The van der Waals surface area contributed by atoms with Gasteiger partial charge in [0.05, 0.1) is 37.1 Å². The van der Waals surface area contributed by atoms with E-state index in [-0.39, 0.29) is 23.4 Å². The zero-order chi connectivity index (χ0) is 51.4. The van der Waals surface area contributed by atoms with E-state index in [9.17, 15) is 19.2 Å². The summed E-state index contributed by atoms with van der Waals surface area (Å²) in [5.41, 5.74) is 12.2. The fourth-order valence-corrected chi connectivity index (χ4v) is 10.9. The number of halogens is 2. The molecule has 8 aromatic rings. The number of carboxylic acid groups (broad SMARTS) is 1. The molecule has 1 amide bonds. The van der Waals surface area contributed by atoms with Crippen LogP contribution in [0.15, 0.2) is 153 Å². The minimum absolute atomic E-state index is 0.0524. The van der Waals surface area contributed by atoms with Crippen LogP contribution in [-0.2, 0) is 41.5 Å². The Morgan fingerprint density at radius 2 is 1.03 bits per heavy atom. The molecule has 2 aliphatic rings. The number of carbonyl (C=O) groups excluding carboxylic acids is 3. The third-order valence-electron chi connectivity index (χ3n) is 12.1. The SMILES string of the molecule is COC(=O)C(Cc1ccccc1)NC(=O)CSc1nnc(Br)n1-c1ccc(C2CC2)c2ccccc12.COC(=O)C(N)Cc1ccccc1.O=C(O)CSc1nnc(Br)n1-c1ccc(C2CC2)c2ccccc12. The predicted octanol–water partition coefficient (Wildman–Crippen LogP) is 10.0. The van der Waals surface area contributed by atoms with Crippen molar-refractivity contribution in [2.75, 3.05) is 25.7 Å². The molecular formula is C54H52Br2N8O7S2. The number of hydrogen-bond acceptors (Lipinski definition) is 13. The van der Waals surface area contributed by atoms with Crippen LogP contribution in [0.1, 0.15) is 59.8 Å². The zero-order valence-electron chi connectivity index (χ0n) is 39.9. The molecular weight excluding hydrogens is 1100 g/mol. The summed E-state index contributed by atoms with van der Waals surface area (Å²) in [4.78, 5) is 47.0. The van der Waals surface area contributed by atoms with E-state index in [0.29, 0.717) is 44.5 Å². The van der Waals surface area contributed by atoms with Crippen LogP contribution in [0.2, 0.25) is 0 Å². The number of aromatic nitrogens is 6. The fourth-order valence-electron chi connectivity index (χ4n) is 8.38. The van der Waals surface area contributed by atoms with Crippen LogP contribution in [0.5, 0.6) is 0 Å². The van der Waals surface area contributed by atoms with E-state index in [0.717, 1.165) is 45.0 Å². The van der Waals surface area contributed by atoms with Crippen molar-refractivity contribution < 1.29 is 33.8 Å². The van der Waals surface area contributed by atoms with Gasteiger partial charge >= 0.3 is 17.9 Å². The van der Waals surface area contributed by atoms with Crippen LogP contribution >= 0.6 is 55.4 Å². The molecule has 0 aliphatic heterocycles. The Morgan fingerprint density at radius 1 is 0.603 bits per heavy atom. The number of esters is 2. The Balaban J connectivity index is 0.000000164. The average molecular weight is 1150 g/mol. The molecule has 4 N–H and O–H groups in total. The maximum Gasteiger partial charge on any atom is 0.328 e. The first-order chi connectivity index (χ1) is 35.4. The smallest absolute Gasteiger partial charge is 0.328 e. The van der Waals surface area contributed by atoms with E-state index in [1.165, 1.54) is 73.6 Å². The standard InChI is InChI=1S/C27H25BrN4O3S.C17H14BrN3O2S.C10H13NO2/c1-35-25(34)22(15-17-7-3-2-4-8-17)29-24(33)16-36-27-31-30-26(28)32(27)23-14-13-19(18-11-12-18)20-9-5-6-10-21(20)23;18-16-19-20-17(24-9-15(22)23)21(16)14-8-7-11(10-5-6-10)12-3-1-2-4-13(12)14;1-13-10(12)9(11)7-8-5-3-2-4-6-8/h2-10,13-14,18,22H,11-12,15-16H2,1H3,(H,29,33);1-4,7-8,10H,5-6,9H2,(H,22,23);2-6,9H,7,11H2,1H3. The fraction of sp³-hybridized carbons (Fsp3) is 0.259. The van der Waals surface area contributed by atoms with Crippen LogP contribution in [0.25, 0.3) is 32.9 Å². The number of methoxy groups -OCH3 is 2. The van der Waals surface area contributed by atoms with Gasteiger partial charge in [0.25, 0.3) is 0 Å². The van der Waals surface area contributed by atoms with E-state index in [1.54, 1.807) is 0 Å². The van der Waals surface area contributed by atoms with Crippen molar-refractivity contribution in [2.24, 2.45) is 5.73 Å². The van der Waals surface area contributed by atoms with Crippen molar-refractivity contribution in [1.82, 2.24) is 34.8 Å². The summed E-state index contributed by atoms with van der Waals surface area (Å²) in [7, 11) is 2.66. The Hall–Kier alpha value is -6.38. The molecule has 0 saturated heterocycles. The normalized spacial score (nSPS) is 13.7. The van der Waals surface area contributed by atoms with E-state index in [1.807, 2.05) is 81.9 Å². The van der Waals surface area contributed by atoms with Gasteiger partial charge < -0.3 is 25.6 Å². The maximum absolute atomic E-state index is 12.8. The number of amides is 1. The highest BCUT2D eigenvalue weighted by molar-refractivity contribution is 9.10. The maximum atomic E-state index is 12.8. The molecule has 0 spiro atoms. The van der Waals surface area contributed by atoms with E-state index in [4.69, 9.17) is 15.6 Å². The molecule has 0 bridgehead atoms. The Morgan fingerprint density at radius 3 is 1.47 bits per heavy atom. The number of carboxylic acids is 1. The van der Waals surface area contributed by atoms with Gasteiger partial charge in [0.2, 0.25) is 15.4 Å². The minimum atomic E-state index is -0.875. The van der Waals surface area contributed by atoms with Crippen molar-refractivity contribution in [3.8, 4) is 11.4 Å². The van der Waals surface area contributed by atoms with Gasteiger partial charge in [-0.15, -0.1) is 20.4 Å². The number of fused-ring (bicyclic) bond motifs is 2. The lowest BCUT2D eigenvalue weighted by Crippen LogP contribution is -2.43. The second-order valence-electron chi connectivity index (χ2n) is 17.3. The third kappa shape index (κ3) is 13.6. The lowest BCUT2D eigenvalue weighted by molar-refractivity contribution is -0.144. The van der Waals surface area contributed by atoms with Crippen molar-refractivity contribution >= 4 is 101 Å². The summed E-state index contributed by atoms with van der Waals surface area (Å²) < 4.78 is 14.3. The molecule has 2 aliphatic carbocycles. The van der Waals surface area contributed by atoms with Gasteiger partial charge in [-0.3, -0.25) is 23.5 Å². The quantitative estimate of drug-likeness (QED) is 0.0573. The summed E-state index contributed by atoms with van der Waals surface area (Å²) >= 11 is 9.39. The first-order valence-corrected chi connectivity index (χ1v) is 27.0. The van der Waals surface area contributed by atoms with Crippen LogP contribution in [0.4, 0.5) is 0 Å². The molecule has 6 aromatic carbocycles. The number of nitrogens with one attached hydrogen (secondary N) is 1. The number of aliphatic carboxylic acids is 1. The van der Waals surface area contributed by atoms with Gasteiger partial charge in [-0.1, -0.05) is 145 Å². The van der Waals surface area contributed by atoms with Gasteiger partial charge in [0.15, 0.2) is 10.3 Å².